The Bertz CT molecular complexity index is 625. The summed E-state index contributed by atoms with van der Waals surface area (Å²) in [5, 5.41) is 3.79. The summed E-state index contributed by atoms with van der Waals surface area (Å²) >= 11 is 0. The molecular weight excluding hydrogens is 263 g/mol. The molecule has 6 heteroatoms. The van der Waals surface area contributed by atoms with Gasteiger partial charge in [0.15, 0.2) is 0 Å². The second-order valence-electron chi connectivity index (χ2n) is 4.39. The van der Waals surface area contributed by atoms with Gasteiger partial charge in [0, 0.05) is 5.56 Å². The molecule has 1 aromatic heterocycles. The summed E-state index contributed by atoms with van der Waals surface area (Å²) in [6.07, 6.45) is 0. The Labute approximate surface area is 115 Å². The Morgan fingerprint density at radius 2 is 2.25 bits per heavy atom. The third kappa shape index (κ3) is 2.84. The van der Waals surface area contributed by atoms with Gasteiger partial charge in [-0.15, -0.1) is 0 Å². The van der Waals surface area contributed by atoms with E-state index >= 15 is 0 Å². The number of nitrogens with zero attached hydrogens (tertiary/aromatic N) is 2. The lowest BCUT2D eigenvalue weighted by molar-refractivity contribution is -0.145. The zero-order chi connectivity index (χ0) is 14.7. The van der Waals surface area contributed by atoms with Crippen molar-refractivity contribution >= 4 is 5.97 Å². The summed E-state index contributed by atoms with van der Waals surface area (Å²) in [6, 6.07) is 4.33. The highest BCUT2D eigenvalue weighted by Crippen LogP contribution is 2.24. The van der Waals surface area contributed by atoms with Gasteiger partial charge >= 0.3 is 5.97 Å². The van der Waals surface area contributed by atoms with Crippen LogP contribution >= 0.6 is 0 Å². The standard InChI is InChI=1S/C14H15FN2O3/c1-4-19-14(18)9(3)13-16-12(17-20-13)11-7-10(15)6-5-8(11)2/h5-7,9H,4H2,1-3H3. The molecule has 0 amide bonds. The summed E-state index contributed by atoms with van der Waals surface area (Å²) < 4.78 is 23.2. The topological polar surface area (TPSA) is 65.2 Å². The fraction of sp³-hybridized carbons (Fsp3) is 0.357. The average Bonchev–Trinajstić information content (AvgIpc) is 2.90. The van der Waals surface area contributed by atoms with E-state index in [1.54, 1.807) is 19.9 Å². The molecule has 2 aromatic rings. The van der Waals surface area contributed by atoms with E-state index in [4.69, 9.17) is 9.26 Å². The molecule has 0 fully saturated rings. The van der Waals surface area contributed by atoms with Crippen LogP contribution in [0.2, 0.25) is 0 Å². The van der Waals surface area contributed by atoms with Crippen molar-refractivity contribution in [3.8, 4) is 11.4 Å². The number of aryl methyl sites for hydroxylation is 1. The molecule has 1 atom stereocenters. The van der Waals surface area contributed by atoms with E-state index in [1.807, 2.05) is 6.92 Å². The molecule has 1 aromatic carbocycles. The Kier molecular flexibility index (Phi) is 4.12. The van der Waals surface area contributed by atoms with Gasteiger partial charge in [0.1, 0.15) is 11.7 Å². The fourth-order valence-electron chi connectivity index (χ4n) is 1.72. The lowest BCUT2D eigenvalue weighted by atomic mass is 10.1. The fourth-order valence-corrected chi connectivity index (χ4v) is 1.72. The van der Waals surface area contributed by atoms with Crippen LogP contribution in [-0.4, -0.2) is 22.7 Å². The van der Waals surface area contributed by atoms with Crippen LogP contribution in [0, 0.1) is 12.7 Å². The predicted octanol–water partition coefficient (Wildman–Crippen LogP) is 2.85. The number of halogens is 1. The van der Waals surface area contributed by atoms with Crippen LogP contribution in [0.4, 0.5) is 4.39 Å². The molecule has 0 aliphatic rings. The molecule has 0 saturated heterocycles. The molecule has 2 rings (SSSR count). The van der Waals surface area contributed by atoms with Gasteiger partial charge in [-0.05, 0) is 38.5 Å². The second-order valence-corrected chi connectivity index (χ2v) is 4.39. The van der Waals surface area contributed by atoms with E-state index in [9.17, 15) is 9.18 Å². The van der Waals surface area contributed by atoms with Crippen molar-refractivity contribution < 1.29 is 18.4 Å². The first kappa shape index (κ1) is 14.2. The first-order chi connectivity index (χ1) is 9.52. The molecule has 1 unspecified atom stereocenters. The van der Waals surface area contributed by atoms with Crippen LogP contribution in [0.15, 0.2) is 22.7 Å². The van der Waals surface area contributed by atoms with Gasteiger partial charge in [-0.3, -0.25) is 4.79 Å². The number of esters is 1. The second kappa shape index (κ2) is 5.81. The summed E-state index contributed by atoms with van der Waals surface area (Å²) in [5.74, 6) is -1.05. The predicted molar refractivity (Wildman–Crippen MR) is 69.5 cm³/mol. The Balaban J connectivity index is 2.29. The molecule has 106 valence electrons. The van der Waals surface area contributed by atoms with Crippen LogP contribution in [0.5, 0.6) is 0 Å². The number of aromatic nitrogens is 2. The number of ether oxygens (including phenoxy) is 1. The van der Waals surface area contributed by atoms with Crippen LogP contribution in [0.3, 0.4) is 0 Å². The summed E-state index contributed by atoms with van der Waals surface area (Å²) in [5.41, 5.74) is 1.36. The largest absolute Gasteiger partial charge is 0.465 e. The quantitative estimate of drug-likeness (QED) is 0.804. The van der Waals surface area contributed by atoms with Crippen molar-refractivity contribution in [3.05, 3.63) is 35.5 Å². The van der Waals surface area contributed by atoms with E-state index < -0.39 is 11.9 Å². The Hall–Kier alpha value is -2.24. The average molecular weight is 278 g/mol. The van der Waals surface area contributed by atoms with Crippen molar-refractivity contribution in [1.29, 1.82) is 0 Å². The highest BCUT2D eigenvalue weighted by Gasteiger charge is 2.23. The molecule has 5 nitrogen and oxygen atoms in total. The van der Waals surface area contributed by atoms with Crippen LogP contribution < -0.4 is 0 Å². The number of rotatable bonds is 4. The van der Waals surface area contributed by atoms with E-state index in [-0.39, 0.29) is 24.1 Å². The van der Waals surface area contributed by atoms with Crippen molar-refractivity contribution in [3.63, 3.8) is 0 Å². The van der Waals surface area contributed by atoms with Gasteiger partial charge in [0.2, 0.25) is 11.7 Å². The van der Waals surface area contributed by atoms with E-state index in [1.165, 1.54) is 12.1 Å². The third-order valence-corrected chi connectivity index (χ3v) is 2.89. The lowest BCUT2D eigenvalue weighted by Gasteiger charge is -2.04. The van der Waals surface area contributed by atoms with Gasteiger partial charge in [-0.25, -0.2) is 4.39 Å². The Morgan fingerprint density at radius 1 is 1.50 bits per heavy atom. The molecule has 0 spiro atoms. The zero-order valence-corrected chi connectivity index (χ0v) is 11.5. The smallest absolute Gasteiger partial charge is 0.318 e. The minimum Gasteiger partial charge on any atom is -0.465 e. The van der Waals surface area contributed by atoms with Crippen LogP contribution in [0.1, 0.15) is 31.2 Å². The third-order valence-electron chi connectivity index (χ3n) is 2.89. The normalized spacial score (nSPS) is 12.2. The maximum absolute atomic E-state index is 13.3. The van der Waals surface area contributed by atoms with Crippen LogP contribution in [-0.2, 0) is 9.53 Å². The molecule has 0 N–H and O–H groups in total. The van der Waals surface area contributed by atoms with Crippen molar-refractivity contribution in [2.45, 2.75) is 26.7 Å². The highest BCUT2D eigenvalue weighted by molar-refractivity contribution is 5.76. The lowest BCUT2D eigenvalue weighted by Crippen LogP contribution is -2.13. The van der Waals surface area contributed by atoms with Gasteiger partial charge in [-0.2, -0.15) is 4.98 Å². The minimum absolute atomic E-state index is 0.155. The van der Waals surface area contributed by atoms with E-state index in [0.29, 0.717) is 5.56 Å². The zero-order valence-electron chi connectivity index (χ0n) is 11.5. The minimum atomic E-state index is -0.648. The number of carbonyl (C=O) groups excluding carboxylic acids is 1. The molecule has 0 bridgehead atoms. The van der Waals surface area contributed by atoms with Crippen LogP contribution in [0.25, 0.3) is 11.4 Å². The Morgan fingerprint density at radius 3 is 2.95 bits per heavy atom. The monoisotopic (exact) mass is 278 g/mol. The van der Waals surface area contributed by atoms with Gasteiger partial charge in [-0.1, -0.05) is 11.2 Å². The summed E-state index contributed by atoms with van der Waals surface area (Å²) in [4.78, 5) is 15.7. The number of hydrogen-bond acceptors (Lipinski definition) is 5. The van der Waals surface area contributed by atoms with E-state index in [0.717, 1.165) is 5.56 Å². The molecule has 1 heterocycles. The van der Waals surface area contributed by atoms with Gasteiger partial charge in [0.05, 0.1) is 6.61 Å². The number of carbonyl (C=O) groups is 1. The molecule has 0 aliphatic carbocycles. The number of benzene rings is 1. The van der Waals surface area contributed by atoms with Crippen molar-refractivity contribution in [2.24, 2.45) is 0 Å². The molecular formula is C14H15FN2O3. The maximum Gasteiger partial charge on any atom is 0.318 e. The van der Waals surface area contributed by atoms with Crippen molar-refractivity contribution in [1.82, 2.24) is 10.1 Å². The maximum atomic E-state index is 13.3. The summed E-state index contributed by atoms with van der Waals surface area (Å²) in [6.45, 7) is 5.44. The summed E-state index contributed by atoms with van der Waals surface area (Å²) in [7, 11) is 0. The van der Waals surface area contributed by atoms with Gasteiger partial charge in [0.25, 0.3) is 0 Å². The molecule has 20 heavy (non-hydrogen) atoms. The first-order valence-corrected chi connectivity index (χ1v) is 6.29. The molecule has 0 saturated carbocycles. The molecule has 0 aliphatic heterocycles. The van der Waals surface area contributed by atoms with E-state index in [2.05, 4.69) is 10.1 Å². The van der Waals surface area contributed by atoms with Gasteiger partial charge < -0.3 is 9.26 Å². The SMILES string of the molecule is CCOC(=O)C(C)c1nc(-c2cc(F)ccc2C)no1. The first-order valence-electron chi connectivity index (χ1n) is 6.29. The van der Waals surface area contributed by atoms with Crippen molar-refractivity contribution in [2.75, 3.05) is 6.61 Å². The number of hydrogen-bond donors (Lipinski definition) is 0. The highest BCUT2D eigenvalue weighted by atomic mass is 19.1. The molecule has 0 radical (unpaired) electrons.